The molecule has 0 rings (SSSR count). The highest BCUT2D eigenvalue weighted by molar-refractivity contribution is 5.86. The van der Waals surface area contributed by atoms with Crippen LogP contribution in [0.4, 0.5) is 0 Å². The van der Waals surface area contributed by atoms with Gasteiger partial charge >= 0.3 is 0 Å². The Morgan fingerprint density at radius 1 is 1.18 bits per heavy atom. The fourth-order valence-electron chi connectivity index (χ4n) is 1.95. The normalized spacial score (nSPS) is 16.3. The molecule has 0 radical (unpaired) electrons. The van der Waals surface area contributed by atoms with Crippen LogP contribution in [0, 0.1) is 5.92 Å². The fourth-order valence-corrected chi connectivity index (χ4v) is 1.95. The number of nitrogens with zero attached hydrogens (tertiary/aromatic N) is 2. The van der Waals surface area contributed by atoms with Gasteiger partial charge in [-0.05, 0) is 46.7 Å². The molecule has 0 aromatic rings. The fraction of sp³-hybridized carbons (Fsp3) is 0.929. The highest BCUT2D eigenvalue weighted by atomic mass is 16.5. The van der Waals surface area contributed by atoms with Crippen LogP contribution < -0.4 is 0 Å². The lowest BCUT2D eigenvalue weighted by Gasteiger charge is -2.23. The van der Waals surface area contributed by atoms with E-state index in [-0.39, 0.29) is 6.10 Å². The van der Waals surface area contributed by atoms with E-state index in [0.29, 0.717) is 5.92 Å². The molecule has 0 saturated carbocycles. The van der Waals surface area contributed by atoms with Crippen molar-refractivity contribution in [1.29, 1.82) is 0 Å². The molecule has 3 heteroatoms. The van der Waals surface area contributed by atoms with Crippen molar-refractivity contribution in [2.24, 2.45) is 10.9 Å². The predicted octanol–water partition coefficient (Wildman–Crippen LogP) is 2.85. The summed E-state index contributed by atoms with van der Waals surface area (Å²) in [5, 5.41) is 0. The quantitative estimate of drug-likeness (QED) is 0.581. The minimum Gasteiger partial charge on any atom is -0.372 e. The molecule has 0 amide bonds. The van der Waals surface area contributed by atoms with E-state index in [4.69, 9.17) is 4.74 Å². The van der Waals surface area contributed by atoms with E-state index in [1.165, 1.54) is 6.42 Å². The smallest absolute Gasteiger partial charge is 0.0946 e. The number of hydrogen-bond donors (Lipinski definition) is 0. The van der Waals surface area contributed by atoms with Gasteiger partial charge < -0.3 is 9.64 Å². The molecule has 0 fully saturated rings. The van der Waals surface area contributed by atoms with Crippen LogP contribution in [-0.2, 0) is 4.74 Å². The van der Waals surface area contributed by atoms with Crippen LogP contribution in [0.5, 0.6) is 0 Å². The lowest BCUT2D eigenvalue weighted by Crippen LogP contribution is -2.29. The molecule has 3 nitrogen and oxygen atoms in total. The van der Waals surface area contributed by atoms with E-state index in [9.17, 15) is 0 Å². The first-order chi connectivity index (χ1) is 8.04. The summed E-state index contributed by atoms with van der Waals surface area (Å²) in [5.74, 6) is 0.619. The van der Waals surface area contributed by atoms with Crippen molar-refractivity contribution in [1.82, 2.24) is 4.90 Å². The van der Waals surface area contributed by atoms with Gasteiger partial charge in [0.1, 0.15) is 0 Å². The summed E-state index contributed by atoms with van der Waals surface area (Å²) in [6, 6.07) is 0. The Balaban J connectivity index is 4.15. The van der Waals surface area contributed by atoms with Crippen LogP contribution in [0.2, 0.25) is 0 Å². The first kappa shape index (κ1) is 16.6. The summed E-state index contributed by atoms with van der Waals surface area (Å²) in [6.07, 6.45) is 2.37. The van der Waals surface area contributed by atoms with Gasteiger partial charge in [-0.3, -0.25) is 4.99 Å². The number of rotatable bonds is 9. The van der Waals surface area contributed by atoms with E-state index in [1.807, 2.05) is 0 Å². The van der Waals surface area contributed by atoms with E-state index in [0.717, 1.165) is 31.8 Å². The van der Waals surface area contributed by atoms with E-state index in [2.05, 4.69) is 51.7 Å². The largest absolute Gasteiger partial charge is 0.372 e. The van der Waals surface area contributed by atoms with E-state index < -0.39 is 0 Å². The van der Waals surface area contributed by atoms with E-state index in [1.54, 1.807) is 0 Å². The van der Waals surface area contributed by atoms with Crippen LogP contribution in [0.1, 0.15) is 40.5 Å². The molecule has 0 aliphatic carbocycles. The topological polar surface area (TPSA) is 24.8 Å². The Hall–Kier alpha value is -0.410. The summed E-state index contributed by atoms with van der Waals surface area (Å²) >= 11 is 0. The molecule has 102 valence electrons. The SMILES string of the molecule is CCN=C(C)C(CC)OCC(CC)CN(C)C. The highest BCUT2D eigenvalue weighted by Crippen LogP contribution is 2.09. The van der Waals surface area contributed by atoms with Crippen molar-refractivity contribution >= 4 is 5.71 Å². The minimum atomic E-state index is 0.200. The van der Waals surface area contributed by atoms with Crippen molar-refractivity contribution in [3.05, 3.63) is 0 Å². The zero-order valence-corrected chi connectivity index (χ0v) is 12.5. The lowest BCUT2D eigenvalue weighted by atomic mass is 10.1. The van der Waals surface area contributed by atoms with Gasteiger partial charge in [-0.15, -0.1) is 0 Å². The molecule has 2 atom stereocenters. The van der Waals surface area contributed by atoms with Crippen molar-refractivity contribution in [3.63, 3.8) is 0 Å². The van der Waals surface area contributed by atoms with Crippen molar-refractivity contribution in [2.45, 2.75) is 46.6 Å². The Labute approximate surface area is 107 Å². The van der Waals surface area contributed by atoms with Gasteiger partial charge in [-0.25, -0.2) is 0 Å². The highest BCUT2D eigenvalue weighted by Gasteiger charge is 2.14. The summed E-state index contributed by atoms with van der Waals surface area (Å²) in [4.78, 5) is 6.67. The molecule has 0 bridgehead atoms. The Morgan fingerprint density at radius 3 is 2.24 bits per heavy atom. The maximum Gasteiger partial charge on any atom is 0.0946 e. The van der Waals surface area contributed by atoms with Gasteiger partial charge in [0, 0.05) is 18.8 Å². The molecule has 0 aromatic heterocycles. The molecule has 0 aliphatic heterocycles. The van der Waals surface area contributed by atoms with Gasteiger partial charge in [-0.1, -0.05) is 13.8 Å². The Kier molecular flexibility index (Phi) is 9.37. The molecule has 0 saturated heterocycles. The van der Waals surface area contributed by atoms with Crippen molar-refractivity contribution in [2.75, 3.05) is 33.8 Å². The average molecular weight is 242 g/mol. The van der Waals surface area contributed by atoms with Crippen LogP contribution in [-0.4, -0.2) is 50.5 Å². The van der Waals surface area contributed by atoms with E-state index >= 15 is 0 Å². The van der Waals surface area contributed by atoms with Crippen LogP contribution in [0.25, 0.3) is 0 Å². The summed E-state index contributed by atoms with van der Waals surface area (Å²) in [5.41, 5.74) is 1.13. The monoisotopic (exact) mass is 242 g/mol. The molecular formula is C14H30N2O. The third-order valence-corrected chi connectivity index (χ3v) is 2.98. The second kappa shape index (κ2) is 9.60. The summed E-state index contributed by atoms with van der Waals surface area (Å²) in [6.45, 7) is 11.3. The molecule has 17 heavy (non-hydrogen) atoms. The lowest BCUT2D eigenvalue weighted by molar-refractivity contribution is 0.0565. The van der Waals surface area contributed by atoms with Gasteiger partial charge in [0.05, 0.1) is 12.7 Å². The standard InChI is InChI=1S/C14H30N2O/c1-7-13(10-16(5)6)11-17-14(8-2)12(4)15-9-3/h13-14H,7-11H2,1-6H3. The van der Waals surface area contributed by atoms with Gasteiger partial charge in [0.2, 0.25) is 0 Å². The predicted molar refractivity (Wildman–Crippen MR) is 76.0 cm³/mol. The van der Waals surface area contributed by atoms with Crippen LogP contribution >= 0.6 is 0 Å². The van der Waals surface area contributed by atoms with Crippen LogP contribution in [0.3, 0.4) is 0 Å². The molecule has 0 heterocycles. The first-order valence-corrected chi connectivity index (χ1v) is 6.82. The third-order valence-electron chi connectivity index (χ3n) is 2.98. The maximum atomic E-state index is 6.00. The molecule has 0 aliphatic rings. The third kappa shape index (κ3) is 7.50. The van der Waals surface area contributed by atoms with Gasteiger partial charge in [-0.2, -0.15) is 0 Å². The molecule has 0 spiro atoms. The summed E-state index contributed by atoms with van der Waals surface area (Å²) < 4.78 is 6.00. The zero-order valence-electron chi connectivity index (χ0n) is 12.5. The molecular weight excluding hydrogens is 212 g/mol. The molecule has 0 N–H and O–H groups in total. The maximum absolute atomic E-state index is 6.00. The Morgan fingerprint density at radius 2 is 1.82 bits per heavy atom. The average Bonchev–Trinajstić information content (AvgIpc) is 2.28. The number of aliphatic imine (C=N–C) groups is 1. The molecule has 0 aromatic carbocycles. The van der Waals surface area contributed by atoms with Crippen molar-refractivity contribution < 1.29 is 4.74 Å². The van der Waals surface area contributed by atoms with Gasteiger partial charge in [0.25, 0.3) is 0 Å². The molecule has 2 unspecified atom stereocenters. The minimum absolute atomic E-state index is 0.200. The second-order valence-electron chi connectivity index (χ2n) is 4.88. The second-order valence-corrected chi connectivity index (χ2v) is 4.88. The first-order valence-electron chi connectivity index (χ1n) is 6.82. The van der Waals surface area contributed by atoms with Crippen LogP contribution in [0.15, 0.2) is 4.99 Å². The number of hydrogen-bond acceptors (Lipinski definition) is 3. The Bertz CT molecular complexity index is 214. The number of ether oxygens (including phenoxy) is 1. The van der Waals surface area contributed by atoms with Gasteiger partial charge in [0.15, 0.2) is 0 Å². The summed E-state index contributed by atoms with van der Waals surface area (Å²) in [7, 11) is 4.23. The van der Waals surface area contributed by atoms with Crippen molar-refractivity contribution in [3.8, 4) is 0 Å². The zero-order chi connectivity index (χ0) is 13.3.